The van der Waals surface area contributed by atoms with Gasteiger partial charge in [-0.25, -0.2) is 0 Å². The van der Waals surface area contributed by atoms with E-state index in [1.165, 1.54) is 0 Å². The Kier molecular flexibility index (Phi) is 3.60. The molecule has 1 aromatic rings. The van der Waals surface area contributed by atoms with Crippen molar-refractivity contribution in [2.24, 2.45) is 0 Å². The topological polar surface area (TPSA) is 46.3 Å². The molecule has 1 amide bonds. The van der Waals surface area contributed by atoms with Gasteiger partial charge in [-0.05, 0) is 37.0 Å². The van der Waals surface area contributed by atoms with Gasteiger partial charge in [-0.3, -0.25) is 4.79 Å². The predicted molar refractivity (Wildman–Crippen MR) is 74.3 cm³/mol. The summed E-state index contributed by atoms with van der Waals surface area (Å²) in [6.07, 6.45) is 4.12. The molecule has 0 saturated heterocycles. The molecule has 3 nitrogen and oxygen atoms in total. The highest BCUT2D eigenvalue weighted by atomic mass is 16.2. The number of nitrogens with zero attached hydrogens (tertiary/aromatic N) is 1. The van der Waals surface area contributed by atoms with Gasteiger partial charge in [0.1, 0.15) is 0 Å². The van der Waals surface area contributed by atoms with Crippen LogP contribution in [0.4, 0.5) is 5.69 Å². The second kappa shape index (κ2) is 5.01. The van der Waals surface area contributed by atoms with E-state index in [4.69, 9.17) is 5.73 Å². The highest BCUT2D eigenvalue weighted by Crippen LogP contribution is 2.49. The fourth-order valence-electron chi connectivity index (χ4n) is 2.42. The largest absolute Gasteiger partial charge is 0.399 e. The number of unbranched alkanes of at least 4 members (excludes halogenated alkanes) is 1. The monoisotopic (exact) mass is 246 g/mol. The lowest BCUT2D eigenvalue weighted by molar-refractivity contribution is -0.132. The van der Waals surface area contributed by atoms with Gasteiger partial charge in [0.05, 0.1) is 5.41 Å². The van der Waals surface area contributed by atoms with Gasteiger partial charge in [-0.1, -0.05) is 25.5 Å². The van der Waals surface area contributed by atoms with Gasteiger partial charge >= 0.3 is 0 Å². The number of anilines is 1. The fraction of sp³-hybridized carbons (Fsp3) is 0.533. The number of likely N-dealkylation sites (N-methyl/N-ethyl adjacent to an activating group) is 1. The average Bonchev–Trinajstić information content (AvgIpc) is 3.17. The van der Waals surface area contributed by atoms with E-state index in [0.29, 0.717) is 0 Å². The highest BCUT2D eigenvalue weighted by Gasteiger charge is 2.52. The molecule has 1 fully saturated rings. The minimum absolute atomic E-state index is 0.254. The smallest absolute Gasteiger partial charge is 0.232 e. The Bertz CT molecular complexity index is 421. The Labute approximate surface area is 109 Å². The lowest BCUT2D eigenvalue weighted by Crippen LogP contribution is -2.37. The number of benzene rings is 1. The predicted octanol–water partition coefficient (Wildman–Crippen LogP) is 2.56. The summed E-state index contributed by atoms with van der Waals surface area (Å²) in [7, 11) is 1.91. The summed E-state index contributed by atoms with van der Waals surface area (Å²) >= 11 is 0. The van der Waals surface area contributed by atoms with E-state index in [1.54, 1.807) is 0 Å². The molecule has 0 heterocycles. The normalized spacial score (nSPS) is 16.3. The fourth-order valence-corrected chi connectivity index (χ4v) is 2.42. The maximum Gasteiger partial charge on any atom is 0.232 e. The summed E-state index contributed by atoms with van der Waals surface area (Å²) in [5.41, 5.74) is 7.31. The van der Waals surface area contributed by atoms with Crippen molar-refractivity contribution in [2.45, 2.75) is 38.0 Å². The van der Waals surface area contributed by atoms with Gasteiger partial charge in [0.25, 0.3) is 0 Å². The molecule has 0 unspecified atom stereocenters. The van der Waals surface area contributed by atoms with Crippen LogP contribution in [-0.4, -0.2) is 24.4 Å². The van der Waals surface area contributed by atoms with E-state index in [2.05, 4.69) is 6.92 Å². The SMILES string of the molecule is CCCCN(C)C(=O)C1(c2ccc(N)cc2)CC1. The number of hydrogen-bond donors (Lipinski definition) is 1. The van der Waals surface area contributed by atoms with Crippen molar-refractivity contribution in [3.63, 3.8) is 0 Å². The standard InChI is InChI=1S/C15H22N2O/c1-3-4-11-17(2)14(18)15(9-10-15)12-5-7-13(16)8-6-12/h5-8H,3-4,9-11,16H2,1-2H3. The zero-order valence-corrected chi connectivity index (χ0v) is 11.3. The first-order valence-electron chi connectivity index (χ1n) is 6.72. The Balaban J connectivity index is 2.11. The van der Waals surface area contributed by atoms with Crippen molar-refractivity contribution >= 4 is 11.6 Å². The van der Waals surface area contributed by atoms with E-state index >= 15 is 0 Å². The van der Waals surface area contributed by atoms with Gasteiger partial charge in [0, 0.05) is 19.3 Å². The van der Waals surface area contributed by atoms with Crippen molar-refractivity contribution in [1.29, 1.82) is 0 Å². The molecular formula is C15H22N2O. The van der Waals surface area contributed by atoms with Gasteiger partial charge in [-0.2, -0.15) is 0 Å². The lowest BCUT2D eigenvalue weighted by atomic mass is 9.94. The second-order valence-electron chi connectivity index (χ2n) is 5.28. The third-order valence-corrected chi connectivity index (χ3v) is 3.82. The minimum atomic E-state index is -0.254. The quantitative estimate of drug-likeness (QED) is 0.812. The molecule has 0 bridgehead atoms. The molecule has 0 aromatic heterocycles. The van der Waals surface area contributed by atoms with Crippen LogP contribution in [-0.2, 0) is 10.2 Å². The molecular weight excluding hydrogens is 224 g/mol. The molecule has 0 radical (unpaired) electrons. The molecule has 1 aromatic carbocycles. The van der Waals surface area contributed by atoms with Crippen molar-refractivity contribution in [1.82, 2.24) is 4.90 Å². The number of hydrogen-bond acceptors (Lipinski definition) is 2. The lowest BCUT2D eigenvalue weighted by Gasteiger charge is -2.23. The van der Waals surface area contributed by atoms with E-state index in [-0.39, 0.29) is 11.3 Å². The Hall–Kier alpha value is -1.51. The third-order valence-electron chi connectivity index (χ3n) is 3.82. The van der Waals surface area contributed by atoms with Crippen molar-refractivity contribution < 1.29 is 4.79 Å². The maximum atomic E-state index is 12.5. The summed E-state index contributed by atoms with van der Waals surface area (Å²) < 4.78 is 0. The molecule has 2 rings (SSSR count). The van der Waals surface area contributed by atoms with Crippen molar-refractivity contribution in [3.05, 3.63) is 29.8 Å². The summed E-state index contributed by atoms with van der Waals surface area (Å²) in [4.78, 5) is 14.4. The van der Waals surface area contributed by atoms with E-state index in [9.17, 15) is 4.79 Å². The highest BCUT2D eigenvalue weighted by molar-refractivity contribution is 5.91. The molecule has 0 atom stereocenters. The summed E-state index contributed by atoms with van der Waals surface area (Å²) in [6, 6.07) is 7.76. The first-order chi connectivity index (χ1) is 8.60. The number of rotatable bonds is 5. The van der Waals surface area contributed by atoms with E-state index in [0.717, 1.165) is 43.5 Å². The van der Waals surface area contributed by atoms with Gasteiger partial charge in [0.15, 0.2) is 0 Å². The molecule has 1 saturated carbocycles. The molecule has 98 valence electrons. The number of nitrogens with two attached hydrogens (primary N) is 1. The van der Waals surface area contributed by atoms with Crippen LogP contribution in [0.5, 0.6) is 0 Å². The minimum Gasteiger partial charge on any atom is -0.399 e. The zero-order valence-electron chi connectivity index (χ0n) is 11.3. The molecule has 1 aliphatic carbocycles. The Morgan fingerprint density at radius 3 is 2.44 bits per heavy atom. The zero-order chi connectivity index (χ0) is 13.2. The molecule has 3 heteroatoms. The molecule has 18 heavy (non-hydrogen) atoms. The first-order valence-corrected chi connectivity index (χ1v) is 6.72. The number of amides is 1. The number of nitrogen functional groups attached to an aromatic ring is 1. The van der Waals surface area contributed by atoms with Crippen LogP contribution in [0, 0.1) is 0 Å². The summed E-state index contributed by atoms with van der Waals surface area (Å²) in [6.45, 7) is 3.00. The van der Waals surface area contributed by atoms with E-state index < -0.39 is 0 Å². The van der Waals surface area contributed by atoms with Crippen LogP contribution in [0.2, 0.25) is 0 Å². The van der Waals surface area contributed by atoms with E-state index in [1.807, 2.05) is 36.2 Å². The van der Waals surface area contributed by atoms with Crippen molar-refractivity contribution in [2.75, 3.05) is 19.3 Å². The molecule has 0 spiro atoms. The second-order valence-corrected chi connectivity index (χ2v) is 5.28. The first kappa shape index (κ1) is 12.9. The maximum absolute atomic E-state index is 12.5. The molecule has 1 aliphatic rings. The number of carbonyl (C=O) groups excluding carboxylic acids is 1. The van der Waals surface area contributed by atoms with Gasteiger partial charge in [0.2, 0.25) is 5.91 Å². The van der Waals surface area contributed by atoms with Crippen molar-refractivity contribution in [3.8, 4) is 0 Å². The Morgan fingerprint density at radius 1 is 1.33 bits per heavy atom. The average molecular weight is 246 g/mol. The number of carbonyl (C=O) groups is 1. The van der Waals surface area contributed by atoms with Crippen LogP contribution < -0.4 is 5.73 Å². The van der Waals surface area contributed by atoms with Crippen LogP contribution >= 0.6 is 0 Å². The third kappa shape index (κ3) is 2.35. The summed E-state index contributed by atoms with van der Waals surface area (Å²) in [5.74, 6) is 0.265. The Morgan fingerprint density at radius 2 is 1.94 bits per heavy atom. The summed E-state index contributed by atoms with van der Waals surface area (Å²) in [5, 5.41) is 0. The van der Waals surface area contributed by atoms with Crippen LogP contribution in [0.3, 0.4) is 0 Å². The molecule has 2 N–H and O–H groups in total. The molecule has 0 aliphatic heterocycles. The van der Waals surface area contributed by atoms with Crippen LogP contribution in [0.1, 0.15) is 38.2 Å². The van der Waals surface area contributed by atoms with Gasteiger partial charge in [-0.15, -0.1) is 0 Å². The van der Waals surface area contributed by atoms with Crippen LogP contribution in [0.15, 0.2) is 24.3 Å². The van der Waals surface area contributed by atoms with Crippen LogP contribution in [0.25, 0.3) is 0 Å². The van der Waals surface area contributed by atoms with Gasteiger partial charge < -0.3 is 10.6 Å².